The Morgan fingerprint density at radius 1 is 0.971 bits per heavy atom. The smallest absolute Gasteiger partial charge is 0.233 e. The van der Waals surface area contributed by atoms with Crippen LogP contribution in [0.2, 0.25) is 0 Å². The minimum atomic E-state index is -0.352. The second-order valence-electron chi connectivity index (χ2n) is 7.43. The summed E-state index contributed by atoms with van der Waals surface area (Å²) in [5, 5.41) is 11.7. The van der Waals surface area contributed by atoms with Crippen molar-refractivity contribution >= 4 is 17.7 Å². The molecule has 0 saturated carbocycles. The zero-order valence-corrected chi connectivity index (χ0v) is 20.1. The number of para-hydroxylation sites is 3. The highest BCUT2D eigenvalue weighted by atomic mass is 32.2. The third-order valence-electron chi connectivity index (χ3n) is 5.25. The third-order valence-corrected chi connectivity index (χ3v) is 6.30. The van der Waals surface area contributed by atoms with E-state index in [1.54, 1.807) is 14.2 Å². The third kappa shape index (κ3) is 5.07. The molecule has 8 heteroatoms. The van der Waals surface area contributed by atoms with Crippen LogP contribution in [0.5, 0.6) is 11.5 Å². The van der Waals surface area contributed by atoms with Crippen LogP contribution >= 0.6 is 11.8 Å². The fraction of sp³-hybridized carbons (Fsp3) is 0.192. The van der Waals surface area contributed by atoms with Crippen LogP contribution in [0, 0.1) is 0 Å². The standard InChI is InChI=1S/C26H26N4O3S/c1-18(25(31)27-2)34-26-29-28-24(30(26)21-14-8-10-16-23(21)32-3)17-33-22-15-9-7-13-20(22)19-11-5-4-6-12-19/h4-16,18H,17H2,1-3H3,(H,27,31)/t18-/m0/s1. The Hall–Kier alpha value is -3.78. The highest BCUT2D eigenvalue weighted by molar-refractivity contribution is 8.00. The van der Waals surface area contributed by atoms with Gasteiger partial charge in [0.05, 0.1) is 18.0 Å². The Morgan fingerprint density at radius 2 is 1.65 bits per heavy atom. The largest absolute Gasteiger partial charge is 0.495 e. The molecule has 4 aromatic rings. The first kappa shape index (κ1) is 23.4. The quantitative estimate of drug-likeness (QED) is 0.353. The molecule has 1 N–H and O–H groups in total. The van der Waals surface area contributed by atoms with Gasteiger partial charge in [-0.15, -0.1) is 10.2 Å². The van der Waals surface area contributed by atoms with Gasteiger partial charge in [-0.3, -0.25) is 9.36 Å². The molecule has 0 spiro atoms. The summed E-state index contributed by atoms with van der Waals surface area (Å²) in [5.74, 6) is 1.92. The summed E-state index contributed by atoms with van der Waals surface area (Å²) in [7, 11) is 3.24. The zero-order chi connectivity index (χ0) is 23.9. The highest BCUT2D eigenvalue weighted by Gasteiger charge is 2.22. The predicted molar refractivity (Wildman–Crippen MR) is 134 cm³/mol. The van der Waals surface area contributed by atoms with Gasteiger partial charge >= 0.3 is 0 Å². The molecule has 34 heavy (non-hydrogen) atoms. The van der Waals surface area contributed by atoms with Crippen molar-refractivity contribution in [2.45, 2.75) is 23.9 Å². The lowest BCUT2D eigenvalue weighted by Crippen LogP contribution is -2.27. The topological polar surface area (TPSA) is 78.3 Å². The minimum absolute atomic E-state index is 0.0887. The monoisotopic (exact) mass is 474 g/mol. The lowest BCUT2D eigenvalue weighted by Gasteiger charge is -2.16. The van der Waals surface area contributed by atoms with Crippen LogP contribution in [0.25, 0.3) is 16.8 Å². The number of ether oxygens (including phenoxy) is 2. The number of carbonyl (C=O) groups is 1. The fourth-order valence-corrected chi connectivity index (χ4v) is 4.47. The van der Waals surface area contributed by atoms with Gasteiger partial charge in [0.2, 0.25) is 5.91 Å². The maximum atomic E-state index is 12.1. The molecule has 0 saturated heterocycles. The van der Waals surface area contributed by atoms with Crippen LogP contribution < -0.4 is 14.8 Å². The van der Waals surface area contributed by atoms with E-state index in [4.69, 9.17) is 9.47 Å². The van der Waals surface area contributed by atoms with Gasteiger partial charge < -0.3 is 14.8 Å². The van der Waals surface area contributed by atoms with Gasteiger partial charge in [-0.05, 0) is 30.7 Å². The van der Waals surface area contributed by atoms with Crippen molar-refractivity contribution in [3.8, 4) is 28.3 Å². The van der Waals surface area contributed by atoms with Crippen LogP contribution in [0.3, 0.4) is 0 Å². The summed E-state index contributed by atoms with van der Waals surface area (Å²) in [6, 6.07) is 25.6. The second kappa shape index (κ2) is 10.9. The number of nitrogens with zero attached hydrogens (tertiary/aromatic N) is 3. The molecule has 0 unspecified atom stereocenters. The highest BCUT2D eigenvalue weighted by Crippen LogP contribution is 2.33. The van der Waals surface area contributed by atoms with Gasteiger partial charge in [0, 0.05) is 12.6 Å². The van der Waals surface area contributed by atoms with Gasteiger partial charge in [-0.2, -0.15) is 0 Å². The molecular formula is C26H26N4O3S. The Kier molecular flexibility index (Phi) is 7.49. The first-order chi connectivity index (χ1) is 16.6. The molecular weight excluding hydrogens is 448 g/mol. The van der Waals surface area contributed by atoms with Crippen molar-refractivity contribution in [3.05, 3.63) is 84.7 Å². The van der Waals surface area contributed by atoms with Gasteiger partial charge in [0.15, 0.2) is 11.0 Å². The van der Waals surface area contributed by atoms with Crippen LogP contribution in [-0.4, -0.2) is 40.1 Å². The number of hydrogen-bond donors (Lipinski definition) is 1. The van der Waals surface area contributed by atoms with Crippen molar-refractivity contribution in [1.82, 2.24) is 20.1 Å². The number of methoxy groups -OCH3 is 1. The van der Waals surface area contributed by atoms with E-state index in [0.29, 0.717) is 16.7 Å². The summed E-state index contributed by atoms with van der Waals surface area (Å²) in [5.41, 5.74) is 2.84. The van der Waals surface area contributed by atoms with E-state index in [1.165, 1.54) is 11.8 Å². The van der Waals surface area contributed by atoms with Crippen LogP contribution in [0.15, 0.2) is 84.0 Å². The average molecular weight is 475 g/mol. The summed E-state index contributed by atoms with van der Waals surface area (Å²) in [6.07, 6.45) is 0. The van der Waals surface area contributed by atoms with Crippen LogP contribution in [0.4, 0.5) is 0 Å². The van der Waals surface area contributed by atoms with Gasteiger partial charge in [-0.25, -0.2) is 0 Å². The zero-order valence-electron chi connectivity index (χ0n) is 19.3. The van der Waals surface area contributed by atoms with Crippen molar-refractivity contribution < 1.29 is 14.3 Å². The number of thioether (sulfide) groups is 1. The minimum Gasteiger partial charge on any atom is -0.495 e. The molecule has 0 fully saturated rings. The molecule has 3 aromatic carbocycles. The Balaban J connectivity index is 1.69. The summed E-state index contributed by atoms with van der Waals surface area (Å²) in [6.45, 7) is 2.01. The molecule has 0 bridgehead atoms. The Labute approximate surface area is 203 Å². The molecule has 174 valence electrons. The summed E-state index contributed by atoms with van der Waals surface area (Å²) < 4.78 is 13.7. The molecule has 0 aliphatic heterocycles. The summed E-state index contributed by atoms with van der Waals surface area (Å²) in [4.78, 5) is 12.1. The lowest BCUT2D eigenvalue weighted by atomic mass is 10.1. The first-order valence-corrected chi connectivity index (χ1v) is 11.7. The van der Waals surface area contributed by atoms with Gasteiger partial charge in [0.1, 0.15) is 18.1 Å². The van der Waals surface area contributed by atoms with E-state index in [-0.39, 0.29) is 17.8 Å². The first-order valence-electron chi connectivity index (χ1n) is 10.9. The molecule has 1 aromatic heterocycles. The van der Waals surface area contributed by atoms with E-state index in [9.17, 15) is 4.79 Å². The molecule has 4 rings (SSSR count). The summed E-state index contributed by atoms with van der Waals surface area (Å²) >= 11 is 1.33. The van der Waals surface area contributed by atoms with E-state index < -0.39 is 0 Å². The van der Waals surface area contributed by atoms with Crippen LogP contribution in [-0.2, 0) is 11.4 Å². The van der Waals surface area contributed by atoms with Crippen molar-refractivity contribution in [2.75, 3.05) is 14.2 Å². The molecule has 7 nitrogen and oxygen atoms in total. The number of hydrogen-bond acceptors (Lipinski definition) is 6. The Bertz CT molecular complexity index is 1260. The fourth-order valence-electron chi connectivity index (χ4n) is 3.53. The van der Waals surface area contributed by atoms with E-state index in [2.05, 4.69) is 27.6 Å². The molecule has 0 radical (unpaired) electrons. The predicted octanol–water partition coefficient (Wildman–Crippen LogP) is 4.75. The van der Waals surface area contributed by atoms with Crippen molar-refractivity contribution in [3.63, 3.8) is 0 Å². The second-order valence-corrected chi connectivity index (χ2v) is 8.74. The molecule has 1 atom stereocenters. The molecule has 1 heterocycles. The maximum absolute atomic E-state index is 12.1. The number of carbonyl (C=O) groups excluding carboxylic acids is 1. The maximum Gasteiger partial charge on any atom is 0.233 e. The molecule has 0 aliphatic rings. The van der Waals surface area contributed by atoms with Crippen molar-refractivity contribution in [1.29, 1.82) is 0 Å². The lowest BCUT2D eigenvalue weighted by molar-refractivity contribution is -0.119. The number of amides is 1. The van der Waals surface area contributed by atoms with E-state index >= 15 is 0 Å². The van der Waals surface area contributed by atoms with Crippen molar-refractivity contribution in [2.24, 2.45) is 0 Å². The number of benzene rings is 3. The van der Waals surface area contributed by atoms with E-state index in [0.717, 1.165) is 22.6 Å². The molecule has 1 amide bonds. The van der Waals surface area contributed by atoms with Gasteiger partial charge in [-0.1, -0.05) is 72.4 Å². The Morgan fingerprint density at radius 3 is 2.38 bits per heavy atom. The SMILES string of the molecule is CNC(=O)[C@H](C)Sc1nnc(COc2ccccc2-c2ccccc2)n1-c1ccccc1OC. The number of aromatic nitrogens is 3. The van der Waals surface area contributed by atoms with E-state index in [1.807, 2.05) is 78.2 Å². The normalized spacial score (nSPS) is 11.6. The van der Waals surface area contributed by atoms with Gasteiger partial charge in [0.25, 0.3) is 0 Å². The number of rotatable bonds is 9. The number of nitrogens with one attached hydrogen (secondary N) is 1. The molecule has 0 aliphatic carbocycles. The van der Waals surface area contributed by atoms with Crippen LogP contribution in [0.1, 0.15) is 12.7 Å². The average Bonchev–Trinajstić information content (AvgIpc) is 3.29.